The second-order valence-corrected chi connectivity index (χ2v) is 4.62. The Morgan fingerprint density at radius 2 is 2.29 bits per heavy atom. The fourth-order valence-corrected chi connectivity index (χ4v) is 2.88. The minimum absolute atomic E-state index is 0.769. The molecule has 0 aliphatic carbocycles. The van der Waals surface area contributed by atoms with Gasteiger partial charge in [-0.2, -0.15) is 0 Å². The van der Waals surface area contributed by atoms with Crippen LogP contribution in [-0.2, 0) is 0 Å². The molecule has 0 saturated carbocycles. The average molecular weight is 203 g/mol. The van der Waals surface area contributed by atoms with Gasteiger partial charge in [0.1, 0.15) is 0 Å². The van der Waals surface area contributed by atoms with Crippen molar-refractivity contribution in [2.24, 2.45) is 0 Å². The third kappa shape index (κ3) is 1.50. The lowest BCUT2D eigenvalue weighted by Crippen LogP contribution is -2.09. The molecule has 2 heteroatoms. The summed E-state index contributed by atoms with van der Waals surface area (Å²) in [6.45, 7) is 5.89. The van der Waals surface area contributed by atoms with Gasteiger partial charge in [0, 0.05) is 21.9 Å². The van der Waals surface area contributed by atoms with Crippen LogP contribution in [-0.4, -0.2) is 11.5 Å². The number of fused-ring (bicyclic) bond motifs is 1. The molecule has 0 amide bonds. The number of rotatable bonds is 1. The van der Waals surface area contributed by atoms with E-state index in [9.17, 15) is 0 Å². The molecule has 0 radical (unpaired) electrons. The molecule has 1 aliphatic heterocycles. The summed E-state index contributed by atoms with van der Waals surface area (Å²) < 4.78 is 0. The molecule has 0 fully saturated rings. The summed E-state index contributed by atoms with van der Waals surface area (Å²) in [5, 5.41) is 7.89. The minimum Gasteiger partial charge on any atom is -0.305 e. The van der Waals surface area contributed by atoms with E-state index < -0.39 is 0 Å². The van der Waals surface area contributed by atoms with Crippen LogP contribution in [0.1, 0.15) is 23.1 Å². The lowest BCUT2D eigenvalue weighted by molar-refractivity contribution is 1.18. The number of hydrogen-bond donors (Lipinski definition) is 1. The van der Waals surface area contributed by atoms with E-state index in [1.165, 1.54) is 16.0 Å². The van der Waals surface area contributed by atoms with Crippen LogP contribution in [0.3, 0.4) is 0 Å². The Bertz CT molecular complexity index is 407. The molecule has 1 aromatic rings. The second-order valence-electron chi connectivity index (χ2n) is 3.51. The van der Waals surface area contributed by atoms with Gasteiger partial charge in [-0.05, 0) is 30.5 Å². The monoisotopic (exact) mass is 203 g/mol. The molecule has 72 valence electrons. The SMILES string of the molecule is C=Cc1cc(C)cc2c1SCCC2=N. The quantitative estimate of drug-likeness (QED) is 0.742. The van der Waals surface area contributed by atoms with Crippen molar-refractivity contribution in [1.29, 1.82) is 5.41 Å². The number of nitrogens with one attached hydrogen (secondary N) is 1. The van der Waals surface area contributed by atoms with Crippen molar-refractivity contribution in [2.75, 3.05) is 5.75 Å². The van der Waals surface area contributed by atoms with Crippen molar-refractivity contribution in [1.82, 2.24) is 0 Å². The maximum absolute atomic E-state index is 7.89. The largest absolute Gasteiger partial charge is 0.305 e. The van der Waals surface area contributed by atoms with Crippen molar-refractivity contribution >= 4 is 23.5 Å². The highest BCUT2D eigenvalue weighted by Gasteiger charge is 2.17. The lowest BCUT2D eigenvalue weighted by Gasteiger charge is -2.19. The first-order valence-electron chi connectivity index (χ1n) is 4.70. The fourth-order valence-electron chi connectivity index (χ4n) is 1.73. The standard InChI is InChI=1S/C12H13NS/c1-3-9-6-8(2)7-10-11(13)4-5-14-12(9)10/h3,6-7,13H,1,4-5H2,2H3. The highest BCUT2D eigenvalue weighted by molar-refractivity contribution is 7.99. The summed E-state index contributed by atoms with van der Waals surface area (Å²) >= 11 is 1.84. The molecule has 1 aliphatic rings. The molecule has 0 saturated heterocycles. The Kier molecular flexibility index (Phi) is 2.46. The van der Waals surface area contributed by atoms with Crippen LogP contribution in [0.5, 0.6) is 0 Å². The van der Waals surface area contributed by atoms with Gasteiger partial charge in [-0.3, -0.25) is 0 Å². The molecule has 1 N–H and O–H groups in total. The van der Waals surface area contributed by atoms with E-state index in [-0.39, 0.29) is 0 Å². The van der Waals surface area contributed by atoms with Gasteiger partial charge in [-0.25, -0.2) is 0 Å². The van der Waals surface area contributed by atoms with E-state index >= 15 is 0 Å². The van der Waals surface area contributed by atoms with Crippen LogP contribution in [0.2, 0.25) is 0 Å². The zero-order valence-corrected chi connectivity index (χ0v) is 9.08. The molecular formula is C12H13NS. The van der Waals surface area contributed by atoms with Crippen molar-refractivity contribution in [3.63, 3.8) is 0 Å². The summed E-state index contributed by atoms with van der Waals surface area (Å²) in [5.74, 6) is 1.02. The first-order chi connectivity index (χ1) is 6.72. The molecule has 1 heterocycles. The second kappa shape index (κ2) is 3.62. The molecular weight excluding hydrogens is 190 g/mol. The van der Waals surface area contributed by atoms with Crippen LogP contribution in [0.4, 0.5) is 0 Å². The van der Waals surface area contributed by atoms with Gasteiger partial charge < -0.3 is 5.41 Å². The van der Waals surface area contributed by atoms with Crippen LogP contribution in [0, 0.1) is 12.3 Å². The first-order valence-corrected chi connectivity index (χ1v) is 5.68. The highest BCUT2D eigenvalue weighted by atomic mass is 32.2. The van der Waals surface area contributed by atoms with E-state index in [4.69, 9.17) is 5.41 Å². The Morgan fingerprint density at radius 1 is 1.50 bits per heavy atom. The molecule has 0 unspecified atom stereocenters. The number of aryl methyl sites for hydroxylation is 1. The van der Waals surface area contributed by atoms with Gasteiger partial charge in [-0.15, -0.1) is 11.8 Å². The first kappa shape index (κ1) is 9.53. The van der Waals surface area contributed by atoms with Crippen LogP contribution in [0.25, 0.3) is 6.08 Å². The summed E-state index contributed by atoms with van der Waals surface area (Å²) in [6, 6.07) is 4.24. The molecule has 0 atom stereocenters. The fraction of sp³-hybridized carbons (Fsp3) is 0.250. The van der Waals surface area contributed by atoms with Gasteiger partial charge in [0.25, 0.3) is 0 Å². The summed E-state index contributed by atoms with van der Waals surface area (Å²) in [7, 11) is 0. The van der Waals surface area contributed by atoms with Gasteiger partial charge in [0.05, 0.1) is 0 Å². The van der Waals surface area contributed by atoms with E-state index in [2.05, 4.69) is 25.6 Å². The van der Waals surface area contributed by atoms with E-state index in [0.29, 0.717) is 0 Å². The number of benzene rings is 1. The van der Waals surface area contributed by atoms with Crippen molar-refractivity contribution in [2.45, 2.75) is 18.2 Å². The zero-order chi connectivity index (χ0) is 10.1. The highest BCUT2D eigenvalue weighted by Crippen LogP contribution is 2.34. The van der Waals surface area contributed by atoms with E-state index in [1.54, 1.807) is 0 Å². The molecule has 14 heavy (non-hydrogen) atoms. The molecule has 2 rings (SSSR count). The molecule has 0 bridgehead atoms. The maximum atomic E-state index is 7.89. The number of thioether (sulfide) groups is 1. The zero-order valence-electron chi connectivity index (χ0n) is 8.26. The van der Waals surface area contributed by atoms with Gasteiger partial charge in [-0.1, -0.05) is 18.7 Å². The van der Waals surface area contributed by atoms with Gasteiger partial charge in [0.15, 0.2) is 0 Å². The normalized spacial score (nSPS) is 15.1. The Balaban J connectivity index is 2.66. The molecule has 1 aromatic carbocycles. The lowest BCUT2D eigenvalue weighted by atomic mass is 10.0. The Labute approximate surface area is 88.7 Å². The Hall–Kier alpha value is -1.02. The van der Waals surface area contributed by atoms with Crippen LogP contribution in [0.15, 0.2) is 23.6 Å². The topological polar surface area (TPSA) is 23.9 Å². The van der Waals surface area contributed by atoms with Crippen molar-refractivity contribution < 1.29 is 0 Å². The van der Waals surface area contributed by atoms with E-state index in [1.807, 2.05) is 17.8 Å². The van der Waals surface area contributed by atoms with Gasteiger partial charge >= 0.3 is 0 Å². The molecule has 1 nitrogen and oxygen atoms in total. The van der Waals surface area contributed by atoms with Gasteiger partial charge in [0.2, 0.25) is 0 Å². The summed E-state index contributed by atoms with van der Waals surface area (Å²) in [5.41, 5.74) is 4.27. The van der Waals surface area contributed by atoms with Crippen molar-refractivity contribution in [3.8, 4) is 0 Å². The smallest absolute Gasteiger partial charge is 0.0406 e. The third-order valence-electron chi connectivity index (χ3n) is 2.41. The average Bonchev–Trinajstić information content (AvgIpc) is 2.18. The summed E-state index contributed by atoms with van der Waals surface area (Å²) in [4.78, 5) is 1.24. The van der Waals surface area contributed by atoms with Crippen LogP contribution < -0.4 is 0 Å². The summed E-state index contributed by atoms with van der Waals surface area (Å²) in [6.07, 6.45) is 2.77. The Morgan fingerprint density at radius 3 is 3.00 bits per heavy atom. The maximum Gasteiger partial charge on any atom is 0.0406 e. The van der Waals surface area contributed by atoms with Crippen molar-refractivity contribution in [3.05, 3.63) is 35.4 Å². The molecule has 0 spiro atoms. The predicted molar refractivity (Wildman–Crippen MR) is 63.4 cm³/mol. The van der Waals surface area contributed by atoms with E-state index in [0.717, 1.165) is 23.4 Å². The molecule has 0 aromatic heterocycles. The predicted octanol–water partition coefficient (Wildman–Crippen LogP) is 3.50. The minimum atomic E-state index is 0.769. The third-order valence-corrected chi connectivity index (χ3v) is 3.56. The number of hydrogen-bond acceptors (Lipinski definition) is 2. The van der Waals surface area contributed by atoms with Crippen LogP contribution >= 0.6 is 11.8 Å².